The van der Waals surface area contributed by atoms with Gasteiger partial charge in [0.15, 0.2) is 9.84 Å². The Balaban J connectivity index is 1.51. The van der Waals surface area contributed by atoms with Crippen molar-refractivity contribution in [1.82, 2.24) is 15.1 Å². The van der Waals surface area contributed by atoms with E-state index < -0.39 is 42.4 Å². The largest absolute Gasteiger partial charge is 0.343 e. The molecule has 1 N–H and O–H groups in total. The molecular formula is C24H28ClN5O5S2. The molecule has 1 saturated carbocycles. The first-order chi connectivity index (χ1) is 17.4. The minimum Gasteiger partial charge on any atom is -0.343 e. The molecule has 1 aromatic carbocycles. The maximum absolute atomic E-state index is 13.6. The van der Waals surface area contributed by atoms with Crippen molar-refractivity contribution in [2.45, 2.75) is 66.8 Å². The van der Waals surface area contributed by atoms with Gasteiger partial charge in [-0.3, -0.25) is 4.79 Å². The molecule has 3 aliphatic rings. The first-order valence-corrected chi connectivity index (χ1v) is 15.9. The Morgan fingerprint density at radius 1 is 1.24 bits per heavy atom. The fourth-order valence-corrected chi connectivity index (χ4v) is 8.88. The van der Waals surface area contributed by atoms with Crippen LogP contribution < -0.4 is 10.2 Å². The predicted octanol–water partition coefficient (Wildman–Crippen LogP) is 2.19. The van der Waals surface area contributed by atoms with Crippen molar-refractivity contribution in [3.05, 3.63) is 41.0 Å². The maximum Gasteiger partial charge on any atom is 0.244 e. The van der Waals surface area contributed by atoms with E-state index in [9.17, 15) is 26.9 Å². The lowest BCUT2D eigenvalue weighted by Crippen LogP contribution is -2.48. The molecular weight excluding hydrogens is 538 g/mol. The van der Waals surface area contributed by atoms with Crippen molar-refractivity contribution < 1.29 is 21.6 Å². The first kappa shape index (κ1) is 26.0. The van der Waals surface area contributed by atoms with Crippen LogP contribution in [0.1, 0.15) is 43.8 Å². The number of nitrogens with zero attached hydrogens (tertiary/aromatic N) is 4. The van der Waals surface area contributed by atoms with Gasteiger partial charge in [-0.1, -0.05) is 23.7 Å². The van der Waals surface area contributed by atoms with Crippen LogP contribution in [0.5, 0.6) is 0 Å². The Morgan fingerprint density at radius 3 is 2.54 bits per heavy atom. The number of hydrogen-bond acceptors (Lipinski definition) is 8. The van der Waals surface area contributed by atoms with E-state index in [1.807, 2.05) is 0 Å². The van der Waals surface area contributed by atoms with Crippen molar-refractivity contribution in [2.75, 3.05) is 23.0 Å². The summed E-state index contributed by atoms with van der Waals surface area (Å²) in [6.45, 7) is 1.83. The minimum absolute atomic E-state index is 0.0144. The van der Waals surface area contributed by atoms with Crippen LogP contribution in [0.2, 0.25) is 5.02 Å². The number of nitriles is 1. The van der Waals surface area contributed by atoms with Crippen molar-refractivity contribution in [3.8, 4) is 6.07 Å². The number of carbonyl (C=O) groups is 1. The molecule has 2 aliphatic heterocycles. The van der Waals surface area contributed by atoms with Crippen molar-refractivity contribution >= 4 is 43.0 Å². The molecule has 2 aromatic rings. The molecule has 0 radical (unpaired) electrons. The molecule has 37 heavy (non-hydrogen) atoms. The highest BCUT2D eigenvalue weighted by Crippen LogP contribution is 2.39. The number of amides is 1. The van der Waals surface area contributed by atoms with Gasteiger partial charge in [0.05, 0.1) is 44.5 Å². The number of hydrogen-bond donors (Lipinski definition) is 1. The maximum atomic E-state index is 13.6. The van der Waals surface area contributed by atoms with E-state index in [1.54, 1.807) is 34.7 Å². The van der Waals surface area contributed by atoms with Gasteiger partial charge in [0, 0.05) is 12.6 Å². The lowest BCUT2D eigenvalue weighted by Gasteiger charge is -2.30. The highest BCUT2D eigenvalue weighted by Gasteiger charge is 2.50. The van der Waals surface area contributed by atoms with Gasteiger partial charge in [-0.25, -0.2) is 21.5 Å². The van der Waals surface area contributed by atoms with Crippen LogP contribution in [0.25, 0.3) is 0 Å². The predicted molar refractivity (Wildman–Crippen MR) is 138 cm³/mol. The van der Waals surface area contributed by atoms with Crippen LogP contribution in [-0.2, 0) is 24.5 Å². The number of anilines is 1. The van der Waals surface area contributed by atoms with Crippen molar-refractivity contribution in [3.63, 3.8) is 0 Å². The van der Waals surface area contributed by atoms with E-state index in [4.69, 9.17) is 11.6 Å². The normalized spacial score (nSPS) is 24.9. The van der Waals surface area contributed by atoms with Crippen LogP contribution >= 0.6 is 11.6 Å². The third-order valence-electron chi connectivity index (χ3n) is 7.48. The summed E-state index contributed by atoms with van der Waals surface area (Å²) in [5.41, 5.74) is -0.230. The van der Waals surface area contributed by atoms with Gasteiger partial charge < -0.3 is 10.2 Å². The summed E-state index contributed by atoms with van der Waals surface area (Å²) in [4.78, 5) is 15.2. The average Bonchev–Trinajstić information content (AvgIpc) is 3.29. The molecule has 10 nitrogen and oxygen atoms in total. The third-order valence-corrected chi connectivity index (χ3v) is 11.8. The number of aryl methyl sites for hydroxylation is 1. The topological polar surface area (TPSA) is 142 Å². The summed E-state index contributed by atoms with van der Waals surface area (Å²) in [6, 6.07) is 9.14. The molecule has 1 amide bonds. The second kappa shape index (κ2) is 9.29. The number of halogens is 1. The Bertz CT molecular complexity index is 1480. The zero-order valence-corrected chi connectivity index (χ0v) is 22.7. The Hall–Kier alpha value is -2.62. The van der Waals surface area contributed by atoms with Crippen molar-refractivity contribution in [1.29, 1.82) is 5.26 Å². The Morgan fingerprint density at radius 2 is 1.92 bits per heavy atom. The van der Waals surface area contributed by atoms with Gasteiger partial charge in [-0.05, 0) is 51.2 Å². The van der Waals surface area contributed by atoms with Crippen LogP contribution in [0.15, 0.2) is 35.2 Å². The minimum atomic E-state index is -3.88. The fraction of sp³-hybridized carbons (Fsp3) is 0.542. The van der Waals surface area contributed by atoms with E-state index >= 15 is 0 Å². The summed E-state index contributed by atoms with van der Waals surface area (Å²) in [5.74, 6) is 0.260. The molecule has 1 aliphatic carbocycles. The number of sulfone groups is 2. The lowest BCUT2D eigenvalue weighted by atomic mass is 10.1. The average molecular weight is 566 g/mol. The lowest BCUT2D eigenvalue weighted by molar-refractivity contribution is -0.122. The van der Waals surface area contributed by atoms with E-state index in [-0.39, 0.29) is 40.4 Å². The summed E-state index contributed by atoms with van der Waals surface area (Å²) in [7, 11) is -6.98. The van der Waals surface area contributed by atoms with Crippen LogP contribution in [0.4, 0.5) is 5.82 Å². The first-order valence-electron chi connectivity index (χ1n) is 12.2. The number of benzene rings is 1. The van der Waals surface area contributed by atoms with Crippen LogP contribution in [0.3, 0.4) is 0 Å². The Labute approximate surface area is 221 Å². The molecule has 1 aromatic heterocycles. The molecule has 3 fully saturated rings. The van der Waals surface area contributed by atoms with E-state index in [0.717, 1.165) is 0 Å². The SMILES string of the molecule is Cc1cc(N2C[C@H](S(=O)(=O)c3ccccc3Cl)C[C@H]2C(=O)NC2(C#N)CC2)n(C2CCS(=O)(=O)CC2)n1. The molecule has 0 bridgehead atoms. The fourth-order valence-electron chi connectivity index (χ4n) is 5.20. The summed E-state index contributed by atoms with van der Waals surface area (Å²) in [5, 5.41) is 16.1. The highest BCUT2D eigenvalue weighted by atomic mass is 35.5. The quantitative estimate of drug-likeness (QED) is 0.561. The zero-order valence-electron chi connectivity index (χ0n) is 20.3. The van der Waals surface area contributed by atoms with Gasteiger partial charge in [0.2, 0.25) is 5.91 Å². The highest BCUT2D eigenvalue weighted by molar-refractivity contribution is 7.92. The van der Waals surface area contributed by atoms with Gasteiger partial charge in [-0.2, -0.15) is 10.4 Å². The smallest absolute Gasteiger partial charge is 0.244 e. The monoisotopic (exact) mass is 565 g/mol. The van der Waals surface area contributed by atoms with Gasteiger partial charge >= 0.3 is 0 Å². The van der Waals surface area contributed by atoms with Crippen LogP contribution in [-0.4, -0.2) is 67.4 Å². The van der Waals surface area contributed by atoms with Gasteiger partial charge in [-0.15, -0.1) is 0 Å². The molecule has 5 rings (SSSR count). The number of nitrogens with one attached hydrogen (secondary N) is 1. The van der Waals surface area contributed by atoms with E-state index in [1.165, 1.54) is 12.1 Å². The third kappa shape index (κ3) is 4.96. The molecule has 3 heterocycles. The van der Waals surface area contributed by atoms with E-state index in [2.05, 4.69) is 16.5 Å². The van der Waals surface area contributed by atoms with Gasteiger partial charge in [0.1, 0.15) is 27.2 Å². The molecule has 198 valence electrons. The summed E-state index contributed by atoms with van der Waals surface area (Å²) < 4.78 is 53.0. The summed E-state index contributed by atoms with van der Waals surface area (Å²) >= 11 is 6.24. The molecule has 2 atom stereocenters. The van der Waals surface area contributed by atoms with Gasteiger partial charge in [0.25, 0.3) is 0 Å². The molecule has 13 heteroatoms. The number of aromatic nitrogens is 2. The second-order valence-electron chi connectivity index (χ2n) is 10.2. The van der Waals surface area contributed by atoms with Crippen molar-refractivity contribution in [2.24, 2.45) is 0 Å². The molecule has 0 spiro atoms. The number of carbonyl (C=O) groups excluding carboxylic acids is 1. The summed E-state index contributed by atoms with van der Waals surface area (Å²) in [6.07, 6.45) is 1.90. The van der Waals surface area contributed by atoms with E-state index in [0.29, 0.717) is 37.2 Å². The zero-order chi connectivity index (χ0) is 26.6. The number of rotatable bonds is 6. The van der Waals surface area contributed by atoms with Crippen LogP contribution in [0, 0.1) is 18.3 Å². The molecule has 2 saturated heterocycles. The standard InChI is InChI=1S/C24H28ClN5O5S2/c1-16-12-22(30(28-16)17-6-10-36(32,33)11-7-17)29-14-18(37(34,35)21-5-3-2-4-19(21)25)13-20(29)23(31)27-24(15-26)8-9-24/h2-5,12,17-18,20H,6-11,13-14H2,1H3,(H,27,31)/t18-,20+/m1/s1. The molecule has 0 unspecified atom stereocenters. The Kier molecular flexibility index (Phi) is 6.53. The second-order valence-corrected chi connectivity index (χ2v) is 15.1.